The van der Waals surface area contributed by atoms with Gasteiger partial charge in [0.1, 0.15) is 0 Å². The molecule has 0 saturated heterocycles. The first-order valence-electron chi connectivity index (χ1n) is 12.4. The zero-order valence-electron chi connectivity index (χ0n) is 20.1. The molecule has 0 aliphatic rings. The second-order valence-corrected chi connectivity index (χ2v) is 9.15. The summed E-state index contributed by atoms with van der Waals surface area (Å²) >= 11 is 0. The highest BCUT2D eigenvalue weighted by atomic mass is 15.0. The van der Waals surface area contributed by atoms with Gasteiger partial charge in [0.15, 0.2) is 0 Å². The molecule has 0 unspecified atom stereocenters. The van der Waals surface area contributed by atoms with Gasteiger partial charge in [0.2, 0.25) is 0 Å². The second-order valence-electron chi connectivity index (χ2n) is 9.15. The standard InChI is InChI=1S/C34H23N3/c1-3-10-24(11-4-1)31-21-27(22-32(36-31)25-12-5-2-6-13-25)26-14-9-15-28(20-26)37-33-17-8-7-16-29(33)30-18-19-35-23-34(30)37/h1-23H. The number of rotatable bonds is 4. The van der Waals surface area contributed by atoms with Crippen molar-refractivity contribution in [2.75, 3.05) is 0 Å². The number of aromatic nitrogens is 3. The maximum absolute atomic E-state index is 5.04. The van der Waals surface area contributed by atoms with Gasteiger partial charge in [-0.1, -0.05) is 91.0 Å². The average molecular weight is 474 g/mol. The van der Waals surface area contributed by atoms with E-state index in [1.165, 1.54) is 16.3 Å². The average Bonchev–Trinajstić information content (AvgIpc) is 3.32. The summed E-state index contributed by atoms with van der Waals surface area (Å²) in [4.78, 5) is 9.48. The summed E-state index contributed by atoms with van der Waals surface area (Å²) in [7, 11) is 0. The first-order valence-corrected chi connectivity index (χ1v) is 12.4. The molecule has 174 valence electrons. The minimum absolute atomic E-state index is 0.961. The third-order valence-corrected chi connectivity index (χ3v) is 6.88. The Morgan fingerprint density at radius 3 is 1.81 bits per heavy atom. The van der Waals surface area contributed by atoms with E-state index in [1.807, 2.05) is 24.5 Å². The van der Waals surface area contributed by atoms with Crippen LogP contribution in [0.4, 0.5) is 0 Å². The zero-order valence-corrected chi connectivity index (χ0v) is 20.1. The van der Waals surface area contributed by atoms with E-state index in [2.05, 4.69) is 125 Å². The SMILES string of the molecule is c1ccc(-c2cc(-c3cccc(-n4c5ccccc5c5ccncc54)c3)cc(-c3ccccc3)n2)cc1. The largest absolute Gasteiger partial charge is 0.308 e. The van der Waals surface area contributed by atoms with Gasteiger partial charge in [-0.3, -0.25) is 4.98 Å². The first kappa shape index (κ1) is 21.3. The maximum Gasteiger partial charge on any atom is 0.0724 e. The van der Waals surface area contributed by atoms with Crippen LogP contribution in [-0.2, 0) is 0 Å². The van der Waals surface area contributed by atoms with E-state index in [4.69, 9.17) is 4.98 Å². The van der Waals surface area contributed by atoms with Crippen molar-refractivity contribution in [1.29, 1.82) is 0 Å². The number of hydrogen-bond donors (Lipinski definition) is 0. The van der Waals surface area contributed by atoms with Crippen LogP contribution in [0.1, 0.15) is 0 Å². The molecule has 3 heterocycles. The highest BCUT2D eigenvalue weighted by Crippen LogP contribution is 2.34. The fourth-order valence-electron chi connectivity index (χ4n) is 5.13. The third kappa shape index (κ3) is 3.78. The summed E-state index contributed by atoms with van der Waals surface area (Å²) in [5.41, 5.74) is 9.79. The number of benzene rings is 4. The zero-order chi connectivity index (χ0) is 24.6. The molecule has 0 aliphatic heterocycles. The van der Waals surface area contributed by atoms with Crippen LogP contribution in [0.5, 0.6) is 0 Å². The van der Waals surface area contributed by atoms with Gasteiger partial charge in [0.25, 0.3) is 0 Å². The number of fused-ring (bicyclic) bond motifs is 3. The van der Waals surface area contributed by atoms with Crippen LogP contribution in [0.3, 0.4) is 0 Å². The Balaban J connectivity index is 1.44. The normalized spacial score (nSPS) is 11.2. The number of nitrogens with zero attached hydrogens (tertiary/aromatic N) is 3. The van der Waals surface area contributed by atoms with E-state index in [0.717, 1.165) is 44.8 Å². The summed E-state index contributed by atoms with van der Waals surface area (Å²) in [6.45, 7) is 0. The summed E-state index contributed by atoms with van der Waals surface area (Å²) in [6, 6.07) is 44.5. The van der Waals surface area contributed by atoms with Gasteiger partial charge in [0, 0.05) is 33.8 Å². The molecule has 37 heavy (non-hydrogen) atoms. The van der Waals surface area contributed by atoms with Crippen molar-refractivity contribution >= 4 is 21.8 Å². The Bertz CT molecular complexity index is 1760. The van der Waals surface area contributed by atoms with Crippen LogP contribution in [0.15, 0.2) is 140 Å². The maximum atomic E-state index is 5.04. The number of para-hydroxylation sites is 1. The highest BCUT2D eigenvalue weighted by molar-refractivity contribution is 6.08. The van der Waals surface area contributed by atoms with Crippen molar-refractivity contribution in [3.05, 3.63) is 140 Å². The predicted octanol–water partition coefficient (Wildman–Crippen LogP) is 8.57. The lowest BCUT2D eigenvalue weighted by atomic mass is 9.99. The Hall–Kier alpha value is -5.02. The Morgan fingerprint density at radius 2 is 1.08 bits per heavy atom. The van der Waals surface area contributed by atoms with Gasteiger partial charge in [-0.2, -0.15) is 0 Å². The van der Waals surface area contributed by atoms with Crippen LogP contribution in [-0.4, -0.2) is 14.5 Å². The summed E-state index contributed by atoms with van der Waals surface area (Å²) < 4.78 is 2.30. The minimum atomic E-state index is 0.961. The number of hydrogen-bond acceptors (Lipinski definition) is 2. The van der Waals surface area contributed by atoms with Crippen molar-refractivity contribution in [1.82, 2.24) is 14.5 Å². The van der Waals surface area contributed by atoms with Gasteiger partial charge in [0.05, 0.1) is 28.6 Å². The lowest BCUT2D eigenvalue weighted by molar-refractivity contribution is 1.17. The number of pyridine rings is 2. The second kappa shape index (κ2) is 8.89. The molecule has 3 nitrogen and oxygen atoms in total. The molecule has 0 amide bonds. The van der Waals surface area contributed by atoms with E-state index < -0.39 is 0 Å². The van der Waals surface area contributed by atoms with Crippen LogP contribution in [0, 0.1) is 0 Å². The van der Waals surface area contributed by atoms with E-state index >= 15 is 0 Å². The molecule has 0 fully saturated rings. The van der Waals surface area contributed by atoms with Crippen molar-refractivity contribution in [2.45, 2.75) is 0 Å². The van der Waals surface area contributed by atoms with Crippen molar-refractivity contribution in [2.24, 2.45) is 0 Å². The molecule has 0 radical (unpaired) electrons. The predicted molar refractivity (Wildman–Crippen MR) is 153 cm³/mol. The lowest BCUT2D eigenvalue weighted by Crippen LogP contribution is -1.95. The fourth-order valence-corrected chi connectivity index (χ4v) is 5.13. The molecule has 0 bridgehead atoms. The minimum Gasteiger partial charge on any atom is -0.308 e. The molecule has 3 aromatic heterocycles. The molecule has 0 atom stereocenters. The molecule has 0 saturated carbocycles. The van der Waals surface area contributed by atoms with E-state index in [1.54, 1.807) is 0 Å². The molecule has 7 rings (SSSR count). The van der Waals surface area contributed by atoms with Crippen LogP contribution in [0.25, 0.3) is 61.1 Å². The molecule has 7 aromatic rings. The van der Waals surface area contributed by atoms with Gasteiger partial charge < -0.3 is 4.57 Å². The van der Waals surface area contributed by atoms with Crippen LogP contribution >= 0.6 is 0 Å². The molecule has 0 N–H and O–H groups in total. The summed E-state index contributed by atoms with van der Waals surface area (Å²) in [5.74, 6) is 0. The van der Waals surface area contributed by atoms with Crippen LogP contribution in [0.2, 0.25) is 0 Å². The molecule has 3 heteroatoms. The molecular formula is C34H23N3. The Morgan fingerprint density at radius 1 is 0.459 bits per heavy atom. The third-order valence-electron chi connectivity index (χ3n) is 6.88. The van der Waals surface area contributed by atoms with Crippen molar-refractivity contribution in [3.8, 4) is 39.3 Å². The summed E-state index contributed by atoms with van der Waals surface area (Å²) in [6.07, 6.45) is 3.82. The van der Waals surface area contributed by atoms with Gasteiger partial charge in [-0.25, -0.2) is 4.98 Å². The van der Waals surface area contributed by atoms with Crippen molar-refractivity contribution < 1.29 is 0 Å². The lowest BCUT2D eigenvalue weighted by Gasteiger charge is -2.13. The topological polar surface area (TPSA) is 30.7 Å². The fraction of sp³-hybridized carbons (Fsp3) is 0. The molecule has 0 spiro atoms. The molecule has 4 aromatic carbocycles. The smallest absolute Gasteiger partial charge is 0.0724 e. The quantitative estimate of drug-likeness (QED) is 0.256. The first-order chi connectivity index (χ1) is 18.3. The molecular weight excluding hydrogens is 450 g/mol. The highest BCUT2D eigenvalue weighted by Gasteiger charge is 2.14. The van der Waals surface area contributed by atoms with Crippen LogP contribution < -0.4 is 0 Å². The van der Waals surface area contributed by atoms with E-state index in [-0.39, 0.29) is 0 Å². The van der Waals surface area contributed by atoms with E-state index in [9.17, 15) is 0 Å². The van der Waals surface area contributed by atoms with E-state index in [0.29, 0.717) is 0 Å². The summed E-state index contributed by atoms with van der Waals surface area (Å²) in [5, 5.41) is 2.43. The van der Waals surface area contributed by atoms with Gasteiger partial charge in [-0.15, -0.1) is 0 Å². The van der Waals surface area contributed by atoms with Crippen molar-refractivity contribution in [3.63, 3.8) is 0 Å². The van der Waals surface area contributed by atoms with Gasteiger partial charge >= 0.3 is 0 Å². The molecule has 0 aliphatic carbocycles. The monoisotopic (exact) mass is 473 g/mol. The Labute approximate surface area is 215 Å². The Kier molecular flexibility index (Phi) is 5.11. The van der Waals surface area contributed by atoms with Gasteiger partial charge in [-0.05, 0) is 47.5 Å².